The molecule has 0 saturated carbocycles. The Kier molecular flexibility index (Phi) is 7.15. The first-order valence-corrected chi connectivity index (χ1v) is 8.92. The number of urea groups is 1. The normalized spacial score (nSPS) is 17.1. The Labute approximate surface area is 153 Å². The van der Waals surface area contributed by atoms with Crippen molar-refractivity contribution in [2.24, 2.45) is 0 Å². The van der Waals surface area contributed by atoms with Crippen LogP contribution < -0.4 is 10.6 Å². The number of hydrogen-bond acceptors (Lipinski definition) is 4. The van der Waals surface area contributed by atoms with Crippen molar-refractivity contribution in [2.75, 3.05) is 19.7 Å². The molecule has 1 heterocycles. The fourth-order valence-electron chi connectivity index (χ4n) is 2.98. The van der Waals surface area contributed by atoms with Gasteiger partial charge in [0.1, 0.15) is 5.82 Å². The Hall–Kier alpha value is -2.41. The number of carbonyl (C=O) groups is 2. The summed E-state index contributed by atoms with van der Waals surface area (Å²) in [5.41, 5.74) is 1.82. The number of ether oxygens (including phenoxy) is 1. The quantitative estimate of drug-likeness (QED) is 0.697. The van der Waals surface area contributed by atoms with E-state index in [1.165, 1.54) is 12.1 Å². The van der Waals surface area contributed by atoms with E-state index in [9.17, 15) is 14.0 Å². The smallest absolute Gasteiger partial charge is 0.337 e. The van der Waals surface area contributed by atoms with Gasteiger partial charge in [-0.3, -0.25) is 4.90 Å². The Bertz CT molecular complexity index is 690. The topological polar surface area (TPSA) is 70.7 Å². The Balaban J connectivity index is 2.26. The first-order chi connectivity index (χ1) is 12.5. The molecule has 1 atom stereocenters. The minimum Gasteiger partial charge on any atom is -0.463 e. The van der Waals surface area contributed by atoms with Gasteiger partial charge in [-0.05, 0) is 37.6 Å². The number of amides is 2. The van der Waals surface area contributed by atoms with E-state index in [1.807, 2.05) is 24.8 Å². The van der Waals surface area contributed by atoms with Crippen molar-refractivity contribution in [2.45, 2.75) is 39.8 Å². The predicted octanol–water partition coefficient (Wildman–Crippen LogP) is 2.56. The van der Waals surface area contributed by atoms with E-state index < -0.39 is 5.97 Å². The Morgan fingerprint density at radius 3 is 2.65 bits per heavy atom. The van der Waals surface area contributed by atoms with Gasteiger partial charge in [0.05, 0.1) is 18.2 Å². The summed E-state index contributed by atoms with van der Waals surface area (Å²) in [6.45, 7) is 7.44. The van der Waals surface area contributed by atoms with Gasteiger partial charge in [-0.2, -0.15) is 0 Å². The van der Waals surface area contributed by atoms with Crippen molar-refractivity contribution in [3.05, 3.63) is 46.9 Å². The summed E-state index contributed by atoms with van der Waals surface area (Å²) in [4.78, 5) is 26.4. The third kappa shape index (κ3) is 5.05. The van der Waals surface area contributed by atoms with Gasteiger partial charge in [-0.1, -0.05) is 26.0 Å². The van der Waals surface area contributed by atoms with E-state index >= 15 is 0 Å². The molecule has 0 fully saturated rings. The molecule has 0 aliphatic carbocycles. The van der Waals surface area contributed by atoms with Crippen molar-refractivity contribution in [3.63, 3.8) is 0 Å². The average Bonchev–Trinajstić information content (AvgIpc) is 2.60. The molecular formula is C19H26FN3O3. The van der Waals surface area contributed by atoms with Crippen LogP contribution in [0.4, 0.5) is 9.18 Å². The summed E-state index contributed by atoms with van der Waals surface area (Å²) in [6.07, 6.45) is 0.584. The second-order valence-corrected chi connectivity index (χ2v) is 6.11. The monoisotopic (exact) mass is 363 g/mol. The Morgan fingerprint density at radius 1 is 1.27 bits per heavy atom. The number of benzene rings is 1. The highest BCUT2D eigenvalue weighted by Crippen LogP contribution is 2.19. The van der Waals surface area contributed by atoms with Gasteiger partial charge in [0, 0.05) is 18.8 Å². The molecule has 0 saturated heterocycles. The molecule has 1 aliphatic heterocycles. The molecule has 0 radical (unpaired) electrons. The molecule has 26 heavy (non-hydrogen) atoms. The van der Waals surface area contributed by atoms with Crippen LogP contribution in [0.2, 0.25) is 0 Å². The Morgan fingerprint density at radius 2 is 2.04 bits per heavy atom. The van der Waals surface area contributed by atoms with Gasteiger partial charge in [0.15, 0.2) is 0 Å². The van der Waals surface area contributed by atoms with Crippen LogP contribution in [0.5, 0.6) is 0 Å². The van der Waals surface area contributed by atoms with Crippen molar-refractivity contribution >= 4 is 12.0 Å². The molecule has 2 N–H and O–H groups in total. The van der Waals surface area contributed by atoms with Crippen molar-refractivity contribution in [3.8, 4) is 0 Å². The maximum absolute atomic E-state index is 13.4. The fraction of sp³-hybridized carbons (Fsp3) is 0.474. The van der Waals surface area contributed by atoms with Crippen LogP contribution in [-0.4, -0.2) is 42.6 Å². The molecule has 6 nitrogen and oxygen atoms in total. The van der Waals surface area contributed by atoms with Crippen LogP contribution in [-0.2, 0) is 16.1 Å². The maximum atomic E-state index is 13.4. The molecule has 2 amide bonds. The molecule has 142 valence electrons. The van der Waals surface area contributed by atoms with Gasteiger partial charge < -0.3 is 15.4 Å². The number of nitrogens with one attached hydrogen (secondary N) is 2. The fourth-order valence-corrected chi connectivity index (χ4v) is 2.98. The number of likely N-dealkylation sites (N-methyl/N-ethyl adjacent to an activating group) is 1. The first-order valence-electron chi connectivity index (χ1n) is 8.92. The van der Waals surface area contributed by atoms with Crippen molar-refractivity contribution in [1.82, 2.24) is 15.5 Å². The molecule has 0 spiro atoms. The SMILES string of the molecule is CCOC(=O)C1=C(CN(CC)Cc2cccc(F)c2)NC(=O)NC1CC. The van der Waals surface area contributed by atoms with Gasteiger partial charge in [-0.25, -0.2) is 14.0 Å². The summed E-state index contributed by atoms with van der Waals surface area (Å²) < 4.78 is 18.6. The van der Waals surface area contributed by atoms with Crippen LogP contribution in [0.3, 0.4) is 0 Å². The highest BCUT2D eigenvalue weighted by molar-refractivity contribution is 5.94. The van der Waals surface area contributed by atoms with Crippen molar-refractivity contribution < 1.29 is 18.7 Å². The van der Waals surface area contributed by atoms with Gasteiger partial charge in [-0.15, -0.1) is 0 Å². The second kappa shape index (κ2) is 9.33. The summed E-state index contributed by atoms with van der Waals surface area (Å²) in [6, 6.07) is 5.69. The van der Waals surface area contributed by atoms with Gasteiger partial charge in [0.2, 0.25) is 0 Å². The molecule has 1 aliphatic rings. The highest BCUT2D eigenvalue weighted by atomic mass is 19.1. The number of rotatable bonds is 8. The lowest BCUT2D eigenvalue weighted by Gasteiger charge is -2.31. The van der Waals surface area contributed by atoms with Crippen LogP contribution >= 0.6 is 0 Å². The zero-order valence-corrected chi connectivity index (χ0v) is 15.5. The van der Waals surface area contributed by atoms with Gasteiger partial charge in [0.25, 0.3) is 0 Å². The van der Waals surface area contributed by atoms with Crippen LogP contribution in [0.25, 0.3) is 0 Å². The standard InChI is InChI=1S/C19H26FN3O3/c1-4-15-17(18(24)26-6-3)16(22-19(25)21-15)12-23(5-2)11-13-8-7-9-14(20)10-13/h7-10,15H,4-6,11-12H2,1-3H3,(H2,21,22,25). The zero-order valence-electron chi connectivity index (χ0n) is 15.5. The van der Waals surface area contributed by atoms with E-state index in [0.29, 0.717) is 37.3 Å². The minimum absolute atomic E-state index is 0.265. The number of halogens is 1. The zero-order chi connectivity index (χ0) is 19.1. The van der Waals surface area contributed by atoms with Crippen LogP contribution in [0, 0.1) is 5.82 Å². The molecule has 1 unspecified atom stereocenters. The average molecular weight is 363 g/mol. The van der Waals surface area contributed by atoms with E-state index in [-0.39, 0.29) is 24.5 Å². The van der Waals surface area contributed by atoms with E-state index in [4.69, 9.17) is 4.74 Å². The van der Waals surface area contributed by atoms with E-state index in [1.54, 1.807) is 13.0 Å². The molecular weight excluding hydrogens is 337 g/mol. The third-order valence-electron chi connectivity index (χ3n) is 4.27. The minimum atomic E-state index is -0.427. The number of carbonyl (C=O) groups excluding carboxylic acids is 2. The lowest BCUT2D eigenvalue weighted by molar-refractivity contribution is -0.139. The summed E-state index contributed by atoms with van der Waals surface area (Å²) in [7, 11) is 0. The number of esters is 1. The lowest BCUT2D eigenvalue weighted by Crippen LogP contribution is -2.52. The van der Waals surface area contributed by atoms with Crippen LogP contribution in [0.15, 0.2) is 35.5 Å². The highest BCUT2D eigenvalue weighted by Gasteiger charge is 2.32. The summed E-state index contributed by atoms with van der Waals surface area (Å²) in [5.74, 6) is -0.713. The second-order valence-electron chi connectivity index (χ2n) is 6.11. The van der Waals surface area contributed by atoms with Crippen molar-refractivity contribution in [1.29, 1.82) is 0 Å². The summed E-state index contributed by atoms with van der Waals surface area (Å²) in [5, 5.41) is 5.50. The molecule has 1 aromatic rings. The molecule has 7 heteroatoms. The third-order valence-corrected chi connectivity index (χ3v) is 4.27. The largest absolute Gasteiger partial charge is 0.463 e. The molecule has 1 aromatic carbocycles. The van der Waals surface area contributed by atoms with E-state index in [0.717, 1.165) is 5.56 Å². The number of hydrogen-bond donors (Lipinski definition) is 2. The van der Waals surface area contributed by atoms with Crippen LogP contribution in [0.1, 0.15) is 32.8 Å². The molecule has 0 bridgehead atoms. The maximum Gasteiger partial charge on any atom is 0.337 e. The van der Waals surface area contributed by atoms with E-state index in [2.05, 4.69) is 10.6 Å². The summed E-state index contributed by atoms with van der Waals surface area (Å²) >= 11 is 0. The predicted molar refractivity (Wildman–Crippen MR) is 96.8 cm³/mol. The first kappa shape index (κ1) is 19.9. The number of nitrogens with zero attached hydrogens (tertiary/aromatic N) is 1. The lowest BCUT2D eigenvalue weighted by atomic mass is 10.00. The molecule has 0 aromatic heterocycles. The molecule has 2 rings (SSSR count). The van der Waals surface area contributed by atoms with Gasteiger partial charge >= 0.3 is 12.0 Å².